The minimum Gasteiger partial charge on any atom is -0.374 e. The number of carbonyl (C=O) groups is 1. The fraction of sp³-hybridized carbons (Fsp3) is 0.722. The third-order valence-electron chi connectivity index (χ3n) is 5.13. The van der Waals surface area contributed by atoms with Crippen molar-refractivity contribution >= 4 is 11.7 Å². The van der Waals surface area contributed by atoms with Gasteiger partial charge in [-0.1, -0.05) is 0 Å². The van der Waals surface area contributed by atoms with E-state index in [9.17, 15) is 4.79 Å². The summed E-state index contributed by atoms with van der Waals surface area (Å²) in [6, 6.07) is 4.20. The van der Waals surface area contributed by atoms with Crippen molar-refractivity contribution in [1.82, 2.24) is 20.0 Å². The maximum atomic E-state index is 12.6. The molecule has 138 valence electrons. The molecule has 2 unspecified atom stereocenters. The van der Waals surface area contributed by atoms with Gasteiger partial charge in [0.1, 0.15) is 0 Å². The van der Waals surface area contributed by atoms with Crippen LogP contribution in [0, 0.1) is 0 Å². The lowest BCUT2D eigenvalue weighted by molar-refractivity contribution is -0.137. The van der Waals surface area contributed by atoms with Crippen molar-refractivity contribution in [3.8, 4) is 0 Å². The third kappa shape index (κ3) is 4.89. The van der Waals surface area contributed by atoms with E-state index in [2.05, 4.69) is 31.8 Å². The van der Waals surface area contributed by atoms with Crippen LogP contribution in [0.4, 0.5) is 5.82 Å². The minimum atomic E-state index is 0.0762. The second kappa shape index (κ2) is 8.58. The highest BCUT2D eigenvalue weighted by Gasteiger charge is 2.28. The zero-order valence-electron chi connectivity index (χ0n) is 15.3. The zero-order chi connectivity index (χ0) is 17.6. The van der Waals surface area contributed by atoms with Gasteiger partial charge in [-0.3, -0.25) is 9.69 Å². The molecule has 1 aromatic rings. The molecule has 0 radical (unpaired) electrons. The second-order valence-electron chi connectivity index (χ2n) is 7.12. The van der Waals surface area contributed by atoms with Crippen molar-refractivity contribution in [2.75, 3.05) is 51.3 Å². The molecule has 2 aliphatic heterocycles. The first-order chi connectivity index (χ1) is 12.1. The Morgan fingerprint density at radius 2 is 2.28 bits per heavy atom. The summed E-state index contributed by atoms with van der Waals surface area (Å²) >= 11 is 0. The summed E-state index contributed by atoms with van der Waals surface area (Å²) < 4.78 is 5.89. The maximum Gasteiger partial charge on any atom is 0.236 e. The standard InChI is InChI=1S/C18H29N5O2/c1-15-6-3-4-9-23(15)18(24)14-22-10-11-25-16(13-22)12-21(2)17-7-5-8-19-20-17/h5,7-8,15-16H,3-4,6,9-14H2,1-2H3. The van der Waals surface area contributed by atoms with Gasteiger partial charge in [0.15, 0.2) is 5.82 Å². The number of piperidine rings is 1. The monoisotopic (exact) mass is 347 g/mol. The number of morpholine rings is 1. The summed E-state index contributed by atoms with van der Waals surface area (Å²) in [6.45, 7) is 6.57. The zero-order valence-corrected chi connectivity index (χ0v) is 15.3. The van der Waals surface area contributed by atoms with Crippen LogP contribution in [-0.2, 0) is 9.53 Å². The molecule has 2 saturated heterocycles. The van der Waals surface area contributed by atoms with Crippen molar-refractivity contribution in [1.29, 1.82) is 0 Å². The molecule has 7 nitrogen and oxygen atoms in total. The molecule has 2 atom stereocenters. The largest absolute Gasteiger partial charge is 0.374 e. The molecule has 0 saturated carbocycles. The Hall–Kier alpha value is -1.73. The van der Waals surface area contributed by atoms with Crippen LogP contribution in [0.2, 0.25) is 0 Å². The molecule has 3 heterocycles. The summed E-state index contributed by atoms with van der Waals surface area (Å²) in [5.41, 5.74) is 0. The van der Waals surface area contributed by atoms with E-state index >= 15 is 0 Å². The molecular formula is C18H29N5O2. The first-order valence-electron chi connectivity index (χ1n) is 9.26. The molecule has 0 N–H and O–H groups in total. The maximum absolute atomic E-state index is 12.6. The van der Waals surface area contributed by atoms with Crippen molar-refractivity contribution < 1.29 is 9.53 Å². The number of likely N-dealkylation sites (tertiary alicyclic amines) is 1. The predicted octanol–water partition coefficient (Wildman–Crippen LogP) is 1.01. The van der Waals surface area contributed by atoms with Crippen molar-refractivity contribution in [3.63, 3.8) is 0 Å². The highest BCUT2D eigenvalue weighted by molar-refractivity contribution is 5.78. The Labute approximate surface area is 149 Å². The predicted molar refractivity (Wildman–Crippen MR) is 96.5 cm³/mol. The van der Waals surface area contributed by atoms with Crippen molar-refractivity contribution in [2.45, 2.75) is 38.3 Å². The lowest BCUT2D eigenvalue weighted by Crippen LogP contribution is -2.52. The quantitative estimate of drug-likeness (QED) is 0.792. The number of rotatable bonds is 5. The Kier molecular flexibility index (Phi) is 6.20. The number of hydrogen-bond acceptors (Lipinski definition) is 6. The SMILES string of the molecule is CC1CCCCN1C(=O)CN1CCOC(CN(C)c2cccnn2)C1. The first-order valence-corrected chi connectivity index (χ1v) is 9.26. The number of carbonyl (C=O) groups excluding carboxylic acids is 1. The number of amides is 1. The van der Waals surface area contributed by atoms with Crippen LogP contribution < -0.4 is 4.90 Å². The fourth-order valence-corrected chi connectivity index (χ4v) is 3.68. The Morgan fingerprint density at radius 3 is 3.04 bits per heavy atom. The molecule has 2 fully saturated rings. The van der Waals surface area contributed by atoms with Crippen LogP contribution in [0.15, 0.2) is 18.3 Å². The van der Waals surface area contributed by atoms with Gasteiger partial charge >= 0.3 is 0 Å². The smallest absolute Gasteiger partial charge is 0.236 e. The van der Waals surface area contributed by atoms with Crippen LogP contribution in [-0.4, -0.2) is 84.4 Å². The van der Waals surface area contributed by atoms with E-state index in [0.29, 0.717) is 19.2 Å². The number of hydrogen-bond donors (Lipinski definition) is 0. The molecule has 0 aliphatic carbocycles. The van der Waals surface area contributed by atoms with Gasteiger partial charge in [-0.2, -0.15) is 5.10 Å². The molecule has 7 heteroatoms. The number of ether oxygens (including phenoxy) is 1. The molecule has 0 aromatic carbocycles. The Morgan fingerprint density at radius 1 is 1.40 bits per heavy atom. The normalized spacial score (nSPS) is 25.0. The Bertz CT molecular complexity index is 556. The average Bonchev–Trinajstić information content (AvgIpc) is 2.63. The van der Waals surface area contributed by atoms with Gasteiger partial charge in [0.25, 0.3) is 0 Å². The number of likely N-dealkylation sites (N-methyl/N-ethyl adjacent to an activating group) is 1. The molecule has 1 aromatic heterocycles. The molecule has 3 rings (SSSR count). The summed E-state index contributed by atoms with van der Waals surface area (Å²) in [5, 5.41) is 8.05. The van der Waals surface area contributed by atoms with Crippen LogP contribution in [0.1, 0.15) is 26.2 Å². The highest BCUT2D eigenvalue weighted by Crippen LogP contribution is 2.17. The summed E-state index contributed by atoms with van der Waals surface area (Å²) in [7, 11) is 1.99. The van der Waals surface area contributed by atoms with E-state index in [0.717, 1.165) is 44.8 Å². The van der Waals surface area contributed by atoms with E-state index in [1.165, 1.54) is 6.42 Å². The minimum absolute atomic E-state index is 0.0762. The third-order valence-corrected chi connectivity index (χ3v) is 5.13. The highest BCUT2D eigenvalue weighted by atomic mass is 16.5. The van der Waals surface area contributed by atoms with E-state index in [4.69, 9.17) is 4.74 Å². The molecule has 1 amide bonds. The number of aromatic nitrogens is 2. The van der Waals surface area contributed by atoms with Gasteiger partial charge in [-0.25, -0.2) is 0 Å². The van der Waals surface area contributed by atoms with Crippen molar-refractivity contribution in [2.24, 2.45) is 0 Å². The Balaban J connectivity index is 1.50. The molecule has 2 aliphatic rings. The topological polar surface area (TPSA) is 61.8 Å². The molecule has 0 bridgehead atoms. The van der Waals surface area contributed by atoms with Crippen LogP contribution >= 0.6 is 0 Å². The van der Waals surface area contributed by atoms with Gasteiger partial charge in [0, 0.05) is 45.5 Å². The van der Waals surface area contributed by atoms with Gasteiger partial charge in [0.2, 0.25) is 5.91 Å². The number of nitrogens with zero attached hydrogens (tertiary/aromatic N) is 5. The van der Waals surface area contributed by atoms with E-state index < -0.39 is 0 Å². The second-order valence-corrected chi connectivity index (χ2v) is 7.12. The van der Waals surface area contributed by atoms with E-state index in [-0.39, 0.29) is 12.0 Å². The van der Waals surface area contributed by atoms with Gasteiger partial charge in [-0.15, -0.1) is 5.10 Å². The van der Waals surface area contributed by atoms with Crippen LogP contribution in [0.25, 0.3) is 0 Å². The van der Waals surface area contributed by atoms with E-state index in [1.807, 2.05) is 19.2 Å². The summed E-state index contributed by atoms with van der Waals surface area (Å²) in [6.07, 6.45) is 5.24. The van der Waals surface area contributed by atoms with Crippen LogP contribution in [0.3, 0.4) is 0 Å². The van der Waals surface area contributed by atoms with Gasteiger partial charge in [-0.05, 0) is 38.3 Å². The van der Waals surface area contributed by atoms with Crippen LogP contribution in [0.5, 0.6) is 0 Å². The van der Waals surface area contributed by atoms with E-state index in [1.54, 1.807) is 6.20 Å². The summed E-state index contributed by atoms with van der Waals surface area (Å²) in [4.78, 5) is 19.0. The van der Waals surface area contributed by atoms with Gasteiger partial charge < -0.3 is 14.5 Å². The lowest BCUT2D eigenvalue weighted by Gasteiger charge is -2.38. The number of anilines is 1. The average molecular weight is 347 g/mol. The fourth-order valence-electron chi connectivity index (χ4n) is 3.68. The lowest BCUT2D eigenvalue weighted by atomic mass is 10.0. The molecular weight excluding hydrogens is 318 g/mol. The van der Waals surface area contributed by atoms with Gasteiger partial charge in [0.05, 0.1) is 19.3 Å². The van der Waals surface area contributed by atoms with Crippen molar-refractivity contribution in [3.05, 3.63) is 18.3 Å². The summed E-state index contributed by atoms with van der Waals surface area (Å²) in [5.74, 6) is 1.09. The first kappa shape index (κ1) is 18.1. The molecule has 0 spiro atoms. The molecule has 25 heavy (non-hydrogen) atoms.